The van der Waals surface area contributed by atoms with Crippen molar-refractivity contribution in [2.45, 2.75) is 0 Å². The van der Waals surface area contributed by atoms with Crippen LogP contribution in [-0.2, 0) is 0 Å². The molecule has 0 bridgehead atoms. The molecule has 114 valence electrons. The van der Waals surface area contributed by atoms with Gasteiger partial charge in [-0.3, -0.25) is 0 Å². The minimum atomic E-state index is 0.996. The van der Waals surface area contributed by atoms with Gasteiger partial charge in [0.05, 0.1) is 11.4 Å². The molecule has 0 saturated carbocycles. The van der Waals surface area contributed by atoms with E-state index in [-0.39, 0.29) is 0 Å². The van der Waals surface area contributed by atoms with Crippen molar-refractivity contribution in [2.24, 2.45) is 0 Å². The second kappa shape index (κ2) is 6.51. The minimum absolute atomic E-state index is 0.996. The van der Waals surface area contributed by atoms with Gasteiger partial charge in [0.15, 0.2) is 0 Å². The van der Waals surface area contributed by atoms with Crippen LogP contribution in [0.15, 0.2) is 103 Å². The van der Waals surface area contributed by atoms with Gasteiger partial charge in [0.2, 0.25) is 0 Å². The van der Waals surface area contributed by atoms with Crippen molar-refractivity contribution < 1.29 is 0 Å². The van der Waals surface area contributed by atoms with Gasteiger partial charge in [0.25, 0.3) is 0 Å². The van der Waals surface area contributed by atoms with Crippen molar-refractivity contribution in [1.29, 1.82) is 0 Å². The number of aromatic nitrogens is 1. The van der Waals surface area contributed by atoms with Crippen LogP contribution in [0.1, 0.15) is 0 Å². The molecule has 0 radical (unpaired) electrons. The third kappa shape index (κ3) is 2.97. The summed E-state index contributed by atoms with van der Waals surface area (Å²) in [7, 11) is 0. The molecule has 0 aliphatic rings. The Balaban J connectivity index is 1.67. The molecule has 24 heavy (non-hydrogen) atoms. The second-order valence-electron chi connectivity index (χ2n) is 5.72. The molecule has 0 atom stereocenters. The standard InChI is InChI=1S/C23H17N/c1-3-8-18(9-4-1)19-14-16-21(17-15-19)23-13-7-12-22(24-23)20-10-5-2-6-11-20/h1-17H. The topological polar surface area (TPSA) is 12.9 Å². The van der Waals surface area contributed by atoms with Gasteiger partial charge in [0.1, 0.15) is 0 Å². The Morgan fingerprint density at radius 3 is 1.33 bits per heavy atom. The predicted molar refractivity (Wildman–Crippen MR) is 101 cm³/mol. The molecule has 0 fully saturated rings. The fraction of sp³-hybridized carbons (Fsp3) is 0. The lowest BCUT2D eigenvalue weighted by atomic mass is 10.0. The molecule has 0 saturated heterocycles. The third-order valence-electron chi connectivity index (χ3n) is 4.11. The number of nitrogens with zero attached hydrogens (tertiary/aromatic N) is 1. The van der Waals surface area contributed by atoms with Gasteiger partial charge < -0.3 is 0 Å². The summed E-state index contributed by atoms with van der Waals surface area (Å²) in [4.78, 5) is 4.82. The van der Waals surface area contributed by atoms with Crippen molar-refractivity contribution in [3.05, 3.63) is 103 Å². The maximum Gasteiger partial charge on any atom is 0.0709 e. The second-order valence-corrected chi connectivity index (χ2v) is 5.72. The Hall–Kier alpha value is -3.19. The number of rotatable bonds is 3. The van der Waals surface area contributed by atoms with E-state index in [1.807, 2.05) is 24.3 Å². The third-order valence-corrected chi connectivity index (χ3v) is 4.11. The zero-order valence-corrected chi connectivity index (χ0v) is 13.3. The first-order valence-corrected chi connectivity index (χ1v) is 8.08. The largest absolute Gasteiger partial charge is 0.248 e. The van der Waals surface area contributed by atoms with Crippen molar-refractivity contribution in [2.75, 3.05) is 0 Å². The fourth-order valence-corrected chi connectivity index (χ4v) is 2.83. The number of pyridine rings is 1. The van der Waals surface area contributed by atoms with E-state index in [2.05, 4.69) is 78.9 Å². The Labute approximate surface area is 142 Å². The van der Waals surface area contributed by atoms with E-state index in [0.717, 1.165) is 22.5 Å². The molecule has 1 aromatic heterocycles. The summed E-state index contributed by atoms with van der Waals surface area (Å²) in [5, 5.41) is 0. The molecule has 0 spiro atoms. The monoisotopic (exact) mass is 307 g/mol. The summed E-state index contributed by atoms with van der Waals surface area (Å²) in [5.41, 5.74) is 6.72. The zero-order chi connectivity index (χ0) is 16.2. The summed E-state index contributed by atoms with van der Waals surface area (Å²) < 4.78 is 0. The predicted octanol–water partition coefficient (Wildman–Crippen LogP) is 6.08. The van der Waals surface area contributed by atoms with Gasteiger partial charge in [-0.1, -0.05) is 91.0 Å². The number of hydrogen-bond acceptors (Lipinski definition) is 1. The van der Waals surface area contributed by atoms with Gasteiger partial charge in [-0.2, -0.15) is 0 Å². The van der Waals surface area contributed by atoms with E-state index < -0.39 is 0 Å². The van der Waals surface area contributed by atoms with Crippen LogP contribution in [0, 0.1) is 0 Å². The smallest absolute Gasteiger partial charge is 0.0709 e. The minimum Gasteiger partial charge on any atom is -0.248 e. The molecule has 1 heteroatoms. The number of benzene rings is 3. The number of hydrogen-bond donors (Lipinski definition) is 0. The molecular weight excluding hydrogens is 290 g/mol. The van der Waals surface area contributed by atoms with Gasteiger partial charge in [-0.25, -0.2) is 4.98 Å². The summed E-state index contributed by atoms with van der Waals surface area (Å²) in [6.45, 7) is 0. The average Bonchev–Trinajstić information content (AvgIpc) is 2.70. The van der Waals surface area contributed by atoms with Crippen molar-refractivity contribution in [1.82, 2.24) is 4.98 Å². The fourth-order valence-electron chi connectivity index (χ4n) is 2.83. The van der Waals surface area contributed by atoms with Crippen LogP contribution in [0.2, 0.25) is 0 Å². The molecule has 4 aromatic rings. The van der Waals surface area contributed by atoms with Crippen LogP contribution in [-0.4, -0.2) is 4.98 Å². The van der Waals surface area contributed by atoms with Crippen molar-refractivity contribution >= 4 is 0 Å². The maximum absolute atomic E-state index is 4.82. The first kappa shape index (κ1) is 14.4. The molecule has 0 amide bonds. The Morgan fingerprint density at radius 2 is 0.750 bits per heavy atom. The molecular formula is C23H17N. The van der Waals surface area contributed by atoms with E-state index in [4.69, 9.17) is 4.98 Å². The van der Waals surface area contributed by atoms with Crippen LogP contribution < -0.4 is 0 Å². The van der Waals surface area contributed by atoms with Crippen LogP contribution in [0.25, 0.3) is 33.6 Å². The van der Waals surface area contributed by atoms with Crippen molar-refractivity contribution in [3.8, 4) is 33.6 Å². The lowest BCUT2D eigenvalue weighted by molar-refractivity contribution is 1.32. The lowest BCUT2D eigenvalue weighted by Crippen LogP contribution is -1.88. The normalized spacial score (nSPS) is 10.5. The van der Waals surface area contributed by atoms with Crippen molar-refractivity contribution in [3.63, 3.8) is 0 Å². The first-order chi connectivity index (χ1) is 11.9. The SMILES string of the molecule is c1ccc(-c2ccc(-c3cccc(-c4ccccc4)n3)cc2)cc1. The average molecular weight is 307 g/mol. The van der Waals surface area contributed by atoms with Crippen LogP contribution in [0.4, 0.5) is 0 Å². The molecule has 1 heterocycles. The molecule has 3 aromatic carbocycles. The Morgan fingerprint density at radius 1 is 0.333 bits per heavy atom. The lowest BCUT2D eigenvalue weighted by Gasteiger charge is -2.07. The zero-order valence-electron chi connectivity index (χ0n) is 13.3. The highest BCUT2D eigenvalue weighted by atomic mass is 14.7. The Kier molecular flexibility index (Phi) is 3.91. The van der Waals surface area contributed by atoms with Gasteiger partial charge in [-0.05, 0) is 23.3 Å². The molecule has 0 unspecified atom stereocenters. The highest BCUT2D eigenvalue weighted by Gasteiger charge is 2.04. The van der Waals surface area contributed by atoms with E-state index >= 15 is 0 Å². The van der Waals surface area contributed by atoms with Gasteiger partial charge in [0, 0.05) is 11.1 Å². The summed E-state index contributed by atoms with van der Waals surface area (Å²) in [6, 6.07) is 35.5. The van der Waals surface area contributed by atoms with Crippen LogP contribution in [0.3, 0.4) is 0 Å². The first-order valence-electron chi connectivity index (χ1n) is 8.08. The highest BCUT2D eigenvalue weighted by Crippen LogP contribution is 2.25. The van der Waals surface area contributed by atoms with Crippen LogP contribution >= 0.6 is 0 Å². The summed E-state index contributed by atoms with van der Waals surface area (Å²) in [5.74, 6) is 0. The maximum atomic E-state index is 4.82. The molecule has 0 N–H and O–H groups in total. The van der Waals surface area contributed by atoms with Gasteiger partial charge >= 0.3 is 0 Å². The van der Waals surface area contributed by atoms with E-state index in [1.54, 1.807) is 0 Å². The molecule has 4 rings (SSSR count). The van der Waals surface area contributed by atoms with Crippen LogP contribution in [0.5, 0.6) is 0 Å². The Bertz CT molecular complexity index is 926. The quantitative estimate of drug-likeness (QED) is 0.447. The molecule has 0 aliphatic heterocycles. The van der Waals surface area contributed by atoms with Gasteiger partial charge in [-0.15, -0.1) is 0 Å². The molecule has 0 aliphatic carbocycles. The summed E-state index contributed by atoms with van der Waals surface area (Å²) >= 11 is 0. The van der Waals surface area contributed by atoms with E-state index in [0.29, 0.717) is 0 Å². The highest BCUT2D eigenvalue weighted by molar-refractivity contribution is 5.70. The van der Waals surface area contributed by atoms with E-state index in [1.165, 1.54) is 11.1 Å². The molecule has 1 nitrogen and oxygen atoms in total. The summed E-state index contributed by atoms with van der Waals surface area (Å²) in [6.07, 6.45) is 0. The van der Waals surface area contributed by atoms with E-state index in [9.17, 15) is 0 Å².